The van der Waals surface area contributed by atoms with Gasteiger partial charge in [0.15, 0.2) is 0 Å². The van der Waals surface area contributed by atoms with Gasteiger partial charge in [-0.1, -0.05) is 42.5 Å². The summed E-state index contributed by atoms with van der Waals surface area (Å²) in [5, 5.41) is 12.3. The van der Waals surface area contributed by atoms with E-state index in [1.54, 1.807) is 44.6 Å². The van der Waals surface area contributed by atoms with Gasteiger partial charge >= 0.3 is 0 Å². The van der Waals surface area contributed by atoms with Gasteiger partial charge in [0.2, 0.25) is 0 Å². The zero-order chi connectivity index (χ0) is 23.6. The molecule has 0 bridgehead atoms. The maximum absolute atomic E-state index is 12.6. The van der Waals surface area contributed by atoms with Crippen molar-refractivity contribution in [2.75, 3.05) is 14.2 Å². The van der Waals surface area contributed by atoms with Crippen molar-refractivity contribution >= 4 is 12.0 Å². The van der Waals surface area contributed by atoms with Crippen LogP contribution in [0.3, 0.4) is 0 Å². The molecule has 0 saturated carbocycles. The summed E-state index contributed by atoms with van der Waals surface area (Å²) in [4.78, 5) is 12.6. The zero-order valence-corrected chi connectivity index (χ0v) is 18.9. The molecule has 0 aromatic heterocycles. The Hall–Kier alpha value is -4.24. The SMILES string of the molecule is COc1ccc(OC)c(COc2ccc(/C=C(\C#N)C(=O)N[C@H](C)c3ccccc3)cc2)c1. The van der Waals surface area contributed by atoms with Crippen LogP contribution in [0.4, 0.5) is 0 Å². The fraction of sp³-hybridized carbons (Fsp3) is 0.185. The van der Waals surface area contributed by atoms with E-state index in [0.29, 0.717) is 18.1 Å². The molecular weight excluding hydrogens is 416 g/mol. The first-order valence-corrected chi connectivity index (χ1v) is 10.5. The Morgan fingerprint density at radius 1 is 1.00 bits per heavy atom. The molecule has 0 fully saturated rings. The molecule has 0 aliphatic carbocycles. The van der Waals surface area contributed by atoms with Gasteiger partial charge in [-0.25, -0.2) is 0 Å². The molecule has 0 aliphatic rings. The van der Waals surface area contributed by atoms with Gasteiger partial charge < -0.3 is 19.5 Å². The van der Waals surface area contributed by atoms with Crippen LogP contribution in [0.25, 0.3) is 6.08 Å². The van der Waals surface area contributed by atoms with Crippen molar-refractivity contribution in [3.8, 4) is 23.3 Å². The lowest BCUT2D eigenvalue weighted by Gasteiger charge is -2.14. The first-order chi connectivity index (χ1) is 16.0. The third-order valence-corrected chi connectivity index (χ3v) is 5.09. The van der Waals surface area contributed by atoms with Gasteiger partial charge in [-0.05, 0) is 54.5 Å². The predicted octanol–water partition coefficient (Wildman–Crippen LogP) is 5.07. The number of hydrogen-bond donors (Lipinski definition) is 1. The molecule has 1 amide bonds. The molecule has 0 spiro atoms. The van der Waals surface area contributed by atoms with Crippen molar-refractivity contribution in [2.24, 2.45) is 0 Å². The summed E-state index contributed by atoms with van der Waals surface area (Å²) < 4.78 is 16.5. The monoisotopic (exact) mass is 442 g/mol. The Balaban J connectivity index is 1.65. The summed E-state index contributed by atoms with van der Waals surface area (Å²) in [6.07, 6.45) is 1.56. The fourth-order valence-corrected chi connectivity index (χ4v) is 3.23. The Morgan fingerprint density at radius 3 is 2.33 bits per heavy atom. The molecule has 3 rings (SSSR count). The van der Waals surface area contributed by atoms with Crippen LogP contribution in [0.1, 0.15) is 29.7 Å². The lowest BCUT2D eigenvalue weighted by atomic mass is 10.1. The minimum atomic E-state index is -0.417. The van der Waals surface area contributed by atoms with E-state index in [0.717, 1.165) is 22.4 Å². The quantitative estimate of drug-likeness (QED) is 0.370. The molecule has 0 saturated heterocycles. The topological polar surface area (TPSA) is 80.6 Å². The second-order valence-corrected chi connectivity index (χ2v) is 7.31. The molecule has 0 unspecified atom stereocenters. The van der Waals surface area contributed by atoms with Gasteiger partial charge in [-0.2, -0.15) is 5.26 Å². The summed E-state index contributed by atoms with van der Waals surface area (Å²) in [6, 6.07) is 24.1. The highest BCUT2D eigenvalue weighted by Crippen LogP contribution is 2.26. The van der Waals surface area contributed by atoms with Crippen molar-refractivity contribution in [2.45, 2.75) is 19.6 Å². The molecule has 0 radical (unpaired) electrons. The normalized spacial score (nSPS) is 11.8. The fourth-order valence-electron chi connectivity index (χ4n) is 3.23. The zero-order valence-electron chi connectivity index (χ0n) is 18.9. The summed E-state index contributed by atoms with van der Waals surface area (Å²) in [6.45, 7) is 2.18. The number of methoxy groups -OCH3 is 2. The van der Waals surface area contributed by atoms with Crippen molar-refractivity contribution < 1.29 is 19.0 Å². The van der Waals surface area contributed by atoms with Gasteiger partial charge in [-0.3, -0.25) is 4.79 Å². The second kappa shape index (κ2) is 11.4. The van der Waals surface area contributed by atoms with Gasteiger partial charge in [0.25, 0.3) is 5.91 Å². The van der Waals surface area contributed by atoms with Crippen LogP contribution in [0.2, 0.25) is 0 Å². The molecule has 168 valence electrons. The number of ether oxygens (including phenoxy) is 3. The summed E-state index contributed by atoms with van der Waals surface area (Å²) >= 11 is 0. The van der Waals surface area contributed by atoms with Crippen molar-refractivity contribution in [3.05, 3.63) is 95.1 Å². The molecular formula is C27H26N2O4. The van der Waals surface area contributed by atoms with Gasteiger partial charge in [0.1, 0.15) is 35.5 Å². The minimum Gasteiger partial charge on any atom is -0.497 e. The molecule has 6 nitrogen and oxygen atoms in total. The molecule has 0 heterocycles. The first-order valence-electron chi connectivity index (χ1n) is 10.5. The third kappa shape index (κ3) is 6.37. The Labute approximate surface area is 194 Å². The summed E-state index contributed by atoms with van der Waals surface area (Å²) in [5.74, 6) is 1.67. The summed E-state index contributed by atoms with van der Waals surface area (Å²) in [7, 11) is 3.22. The number of benzene rings is 3. The second-order valence-electron chi connectivity index (χ2n) is 7.31. The molecule has 3 aromatic rings. The van der Waals surface area contributed by atoms with E-state index in [1.165, 1.54) is 0 Å². The van der Waals surface area contributed by atoms with E-state index >= 15 is 0 Å². The number of nitriles is 1. The lowest BCUT2D eigenvalue weighted by Crippen LogP contribution is -2.27. The number of amides is 1. The third-order valence-electron chi connectivity index (χ3n) is 5.09. The molecule has 1 N–H and O–H groups in total. The van der Waals surface area contributed by atoms with Crippen molar-refractivity contribution in [3.63, 3.8) is 0 Å². The van der Waals surface area contributed by atoms with Crippen molar-refractivity contribution in [1.82, 2.24) is 5.32 Å². The molecule has 0 aliphatic heterocycles. The predicted molar refractivity (Wildman–Crippen MR) is 127 cm³/mol. The van der Waals surface area contributed by atoms with Crippen LogP contribution in [0.15, 0.2) is 78.4 Å². The number of rotatable bonds is 9. The van der Waals surface area contributed by atoms with Crippen molar-refractivity contribution in [1.29, 1.82) is 5.26 Å². The van der Waals surface area contributed by atoms with Crippen LogP contribution in [0.5, 0.6) is 17.2 Å². The van der Waals surface area contributed by atoms with Crippen LogP contribution >= 0.6 is 0 Å². The van der Waals surface area contributed by atoms with E-state index in [1.807, 2.05) is 61.5 Å². The van der Waals surface area contributed by atoms with Crippen LogP contribution in [-0.2, 0) is 11.4 Å². The number of nitrogens with zero attached hydrogens (tertiary/aromatic N) is 1. The Morgan fingerprint density at radius 2 is 1.70 bits per heavy atom. The maximum Gasteiger partial charge on any atom is 0.262 e. The largest absolute Gasteiger partial charge is 0.497 e. The van der Waals surface area contributed by atoms with Crippen LogP contribution in [0, 0.1) is 11.3 Å². The van der Waals surface area contributed by atoms with E-state index < -0.39 is 5.91 Å². The Kier molecular flexibility index (Phi) is 8.09. The number of carbonyl (C=O) groups excluding carboxylic acids is 1. The van der Waals surface area contributed by atoms with Gasteiger partial charge in [0, 0.05) is 5.56 Å². The average Bonchev–Trinajstić information content (AvgIpc) is 2.86. The smallest absolute Gasteiger partial charge is 0.262 e. The maximum atomic E-state index is 12.6. The first kappa shape index (κ1) is 23.4. The van der Waals surface area contributed by atoms with Crippen LogP contribution in [-0.4, -0.2) is 20.1 Å². The molecule has 33 heavy (non-hydrogen) atoms. The number of carbonyl (C=O) groups is 1. The van der Waals surface area contributed by atoms with Gasteiger partial charge in [-0.15, -0.1) is 0 Å². The Bertz CT molecular complexity index is 1150. The van der Waals surface area contributed by atoms with E-state index in [4.69, 9.17) is 14.2 Å². The molecule has 1 atom stereocenters. The highest BCUT2D eigenvalue weighted by Gasteiger charge is 2.14. The summed E-state index contributed by atoms with van der Waals surface area (Å²) in [5.41, 5.74) is 2.59. The average molecular weight is 443 g/mol. The van der Waals surface area contributed by atoms with Crippen LogP contribution < -0.4 is 19.5 Å². The number of hydrogen-bond acceptors (Lipinski definition) is 5. The molecule has 3 aromatic carbocycles. The minimum absolute atomic E-state index is 0.0348. The van der Waals surface area contributed by atoms with E-state index in [2.05, 4.69) is 5.32 Å². The highest BCUT2D eigenvalue weighted by atomic mass is 16.5. The number of nitrogens with one attached hydrogen (secondary N) is 1. The van der Waals surface area contributed by atoms with E-state index in [-0.39, 0.29) is 11.6 Å². The van der Waals surface area contributed by atoms with Gasteiger partial charge in [0.05, 0.1) is 20.3 Å². The molecule has 6 heteroatoms. The lowest BCUT2D eigenvalue weighted by molar-refractivity contribution is -0.117. The standard InChI is InChI=1S/C27H26N2O4/c1-19(21-7-5-4-6-8-21)29-27(30)22(17-28)15-20-9-11-24(12-10-20)33-18-23-16-25(31-2)13-14-26(23)32-3/h4-16,19H,18H2,1-3H3,(H,29,30)/b22-15+/t19-/m1/s1. The van der Waals surface area contributed by atoms with E-state index in [9.17, 15) is 10.1 Å². The highest BCUT2D eigenvalue weighted by molar-refractivity contribution is 6.01.